The predicted octanol–water partition coefficient (Wildman–Crippen LogP) is 12.2. The van der Waals surface area contributed by atoms with E-state index in [0.29, 0.717) is 93.8 Å². The Morgan fingerprint density at radius 1 is 0.403 bits per heavy atom. The quantitative estimate of drug-likeness (QED) is 0.0265. The molecule has 0 atom stereocenters. The van der Waals surface area contributed by atoms with Gasteiger partial charge in [-0.15, -0.1) is 0 Å². The van der Waals surface area contributed by atoms with E-state index in [2.05, 4.69) is 9.97 Å². The van der Waals surface area contributed by atoms with Crippen molar-refractivity contribution in [2.75, 3.05) is 4.90 Å². The molecular formula is C57H28N6O9. The molecule has 0 saturated carbocycles. The largest absolute Gasteiger partial charge is 0.386 e. The first kappa shape index (κ1) is 41.8. The Hall–Kier alpha value is -10.4. The number of carbonyl (C=O) groups is 4. The van der Waals surface area contributed by atoms with Gasteiger partial charge in [-0.3, -0.25) is 39.8 Å². The van der Waals surface area contributed by atoms with Gasteiger partial charge < -0.3 is 4.74 Å². The molecular weight excluding hydrogens is 913 g/mol. The molecule has 2 aliphatic rings. The van der Waals surface area contributed by atoms with Crippen LogP contribution in [0.15, 0.2) is 170 Å². The Bertz CT molecular complexity index is 4180. The Labute approximate surface area is 404 Å². The van der Waals surface area contributed by atoms with Crippen LogP contribution in [0, 0.1) is 20.2 Å². The molecule has 15 heteroatoms. The summed E-state index contributed by atoms with van der Waals surface area (Å²) in [4.78, 5) is 95.1. The summed E-state index contributed by atoms with van der Waals surface area (Å²) in [5.41, 5.74) is 6.75. The lowest BCUT2D eigenvalue weighted by molar-refractivity contribution is -0.385. The number of hydrogen-bond acceptors (Lipinski definition) is 12. The second kappa shape index (κ2) is 15.6. The first-order valence-corrected chi connectivity index (χ1v) is 22.4. The molecule has 0 unspecified atom stereocenters. The van der Waals surface area contributed by atoms with Crippen molar-refractivity contribution in [2.24, 2.45) is 0 Å². The number of anilines is 1. The number of nitro groups is 2. The van der Waals surface area contributed by atoms with Gasteiger partial charge in [-0.2, -0.15) is 0 Å². The smallest absolute Gasteiger partial charge is 0.346 e. The van der Waals surface area contributed by atoms with Crippen LogP contribution >= 0.6 is 0 Å². The highest BCUT2D eigenvalue weighted by atomic mass is 16.6. The number of nitrogens with zero attached hydrogens (tertiary/aromatic N) is 6. The molecule has 0 bridgehead atoms. The predicted molar refractivity (Wildman–Crippen MR) is 269 cm³/mol. The van der Waals surface area contributed by atoms with E-state index in [0.717, 1.165) is 16.0 Å². The molecule has 5 heterocycles. The van der Waals surface area contributed by atoms with Crippen molar-refractivity contribution in [1.82, 2.24) is 15.0 Å². The number of hydrogen-bond donors (Lipinski definition) is 0. The third-order valence-electron chi connectivity index (χ3n) is 13.5. The number of carbonyl (C=O) groups excluding carboxylic acids is 4. The summed E-state index contributed by atoms with van der Waals surface area (Å²) in [6.07, 6.45) is 3.39. The van der Waals surface area contributed by atoms with Crippen LogP contribution in [-0.4, -0.2) is 48.6 Å². The van der Waals surface area contributed by atoms with Gasteiger partial charge in [0.05, 0.1) is 49.4 Å². The Morgan fingerprint density at radius 2 is 0.875 bits per heavy atom. The fourth-order valence-electron chi connectivity index (χ4n) is 10.3. The molecule has 0 radical (unpaired) electrons. The van der Waals surface area contributed by atoms with Gasteiger partial charge in [-0.05, 0) is 163 Å². The Morgan fingerprint density at radius 3 is 1.39 bits per heavy atom. The molecule has 0 N–H and O–H groups in total. The van der Waals surface area contributed by atoms with E-state index < -0.39 is 33.6 Å². The maximum absolute atomic E-state index is 15.3. The summed E-state index contributed by atoms with van der Waals surface area (Å²) < 4.78 is 5.21. The van der Waals surface area contributed by atoms with E-state index in [1.807, 2.05) is 60.7 Å². The first-order chi connectivity index (χ1) is 35.0. The highest BCUT2D eigenvalue weighted by Gasteiger charge is 2.38. The van der Waals surface area contributed by atoms with E-state index in [9.17, 15) is 29.8 Å². The van der Waals surface area contributed by atoms with Crippen LogP contribution in [0.5, 0.6) is 0 Å². The number of amides is 2. The third-order valence-corrected chi connectivity index (χ3v) is 13.5. The van der Waals surface area contributed by atoms with E-state index in [1.165, 1.54) is 24.3 Å². The average Bonchev–Trinajstić information content (AvgIpc) is 3.41. The molecule has 2 aliphatic heterocycles. The van der Waals surface area contributed by atoms with Crippen molar-refractivity contribution in [3.8, 4) is 56.2 Å². The maximum Gasteiger partial charge on any atom is 0.346 e. The van der Waals surface area contributed by atoms with Crippen molar-refractivity contribution < 1.29 is 33.8 Å². The number of rotatable bonds is 8. The Kier molecular flexibility index (Phi) is 9.02. The summed E-state index contributed by atoms with van der Waals surface area (Å²) in [7, 11) is 0. The lowest BCUT2D eigenvalue weighted by Gasteiger charge is -2.30. The molecule has 0 aliphatic carbocycles. The van der Waals surface area contributed by atoms with Crippen molar-refractivity contribution in [2.45, 2.75) is 0 Å². The molecule has 15 nitrogen and oxygen atoms in total. The maximum atomic E-state index is 15.3. The molecule has 0 saturated heterocycles. The minimum atomic E-state index is -0.875. The number of benzene rings is 8. The van der Waals surface area contributed by atoms with Crippen LogP contribution < -0.4 is 4.90 Å². The van der Waals surface area contributed by atoms with Crippen LogP contribution in [0.3, 0.4) is 0 Å². The summed E-state index contributed by atoms with van der Waals surface area (Å²) in [6.45, 7) is 0. The van der Waals surface area contributed by atoms with Gasteiger partial charge in [0.25, 0.3) is 23.2 Å². The van der Waals surface area contributed by atoms with Crippen molar-refractivity contribution in [3.63, 3.8) is 0 Å². The average molecular weight is 941 g/mol. The summed E-state index contributed by atoms with van der Waals surface area (Å²) in [5, 5.41) is 27.6. The number of ether oxygens (including phenoxy) is 1. The Balaban J connectivity index is 1.04. The lowest BCUT2D eigenvalue weighted by Crippen LogP contribution is -2.40. The fraction of sp³-hybridized carbons (Fsp3) is 0. The number of cyclic esters (lactones) is 2. The topological polar surface area (TPSA) is 206 Å². The van der Waals surface area contributed by atoms with Gasteiger partial charge in [0.15, 0.2) is 0 Å². The molecule has 0 spiro atoms. The van der Waals surface area contributed by atoms with Gasteiger partial charge in [0.2, 0.25) is 0 Å². The van der Waals surface area contributed by atoms with Gasteiger partial charge >= 0.3 is 11.9 Å². The zero-order valence-electron chi connectivity index (χ0n) is 37.0. The standard InChI is InChI=1S/C57H28N6O9/c64-54-38-21-19-36-49-41(31-11-17-35(18-12-31)63(70)71)28-43-51-39(56(66)72-57(43)67)22-20-37(53(49)51)48-40(30-9-15-34(16-10-30)62(68)69)27-42(50(38)52(36)48)55(65)61(54)33-13-7-29(8-14-33)32-25-46(44-5-1-3-23-58-44)60-47(26-32)45-6-2-4-24-59-45/h1-28H. The summed E-state index contributed by atoms with van der Waals surface area (Å²) >= 11 is 0. The molecule has 13 rings (SSSR count). The molecule has 2 amide bonds. The second-order valence-electron chi connectivity index (χ2n) is 17.3. The number of nitro benzene ring substituents is 2. The van der Waals surface area contributed by atoms with E-state index in [1.54, 1.807) is 85.2 Å². The number of esters is 2. The highest BCUT2D eigenvalue weighted by molar-refractivity contribution is 6.46. The minimum Gasteiger partial charge on any atom is -0.386 e. The molecule has 11 aromatic rings. The van der Waals surface area contributed by atoms with Crippen LogP contribution in [0.4, 0.5) is 17.1 Å². The van der Waals surface area contributed by atoms with Crippen molar-refractivity contribution in [1.29, 1.82) is 0 Å². The molecule has 3 aromatic heterocycles. The zero-order valence-corrected chi connectivity index (χ0v) is 37.0. The molecule has 72 heavy (non-hydrogen) atoms. The van der Waals surface area contributed by atoms with Crippen molar-refractivity contribution in [3.05, 3.63) is 213 Å². The summed E-state index contributed by atoms with van der Waals surface area (Å²) in [5.74, 6) is -2.92. The normalized spacial score (nSPS) is 13.1. The monoisotopic (exact) mass is 940 g/mol. The molecule has 340 valence electrons. The van der Waals surface area contributed by atoms with E-state index >= 15 is 9.59 Å². The fourth-order valence-corrected chi connectivity index (χ4v) is 10.3. The highest BCUT2D eigenvalue weighted by Crippen LogP contribution is 2.52. The number of fused-ring (bicyclic) bond motifs is 2. The number of non-ortho nitro benzene ring substituents is 2. The number of imide groups is 1. The van der Waals surface area contributed by atoms with Gasteiger partial charge in [0, 0.05) is 58.6 Å². The zero-order chi connectivity index (χ0) is 49.1. The lowest BCUT2D eigenvalue weighted by atomic mass is 9.78. The van der Waals surface area contributed by atoms with Gasteiger partial charge in [-0.25, -0.2) is 19.5 Å². The van der Waals surface area contributed by atoms with Gasteiger partial charge in [0.1, 0.15) is 0 Å². The van der Waals surface area contributed by atoms with Crippen LogP contribution in [0.25, 0.3) is 99.2 Å². The number of pyridine rings is 3. The summed E-state index contributed by atoms with van der Waals surface area (Å²) in [6, 6.07) is 43.8. The van der Waals surface area contributed by atoms with Crippen LogP contribution in [0.2, 0.25) is 0 Å². The molecule has 0 fully saturated rings. The SMILES string of the molecule is O=C1OC(=O)c2cc(-c3ccc([N+](=O)[O-])cc3)c3c4ccc5c6c(cc(-c7ccc([N+](=O)[O-])cc7)c(c7ccc1c2c73)c64)C(=O)N(c1ccc(-c2cc(-c3ccccn3)nc(-c3ccccn3)c2)cc1)C5=O. The van der Waals surface area contributed by atoms with Crippen LogP contribution in [0.1, 0.15) is 41.4 Å². The minimum absolute atomic E-state index is 0.0997. The van der Waals surface area contributed by atoms with E-state index in [-0.39, 0.29) is 33.6 Å². The van der Waals surface area contributed by atoms with Gasteiger partial charge in [-0.1, -0.05) is 36.4 Å². The first-order valence-electron chi connectivity index (χ1n) is 22.4. The van der Waals surface area contributed by atoms with Crippen LogP contribution in [-0.2, 0) is 4.74 Å². The van der Waals surface area contributed by atoms with Crippen molar-refractivity contribution >= 4 is 83.9 Å². The second-order valence-corrected chi connectivity index (χ2v) is 17.3. The van der Waals surface area contributed by atoms with E-state index in [4.69, 9.17) is 9.72 Å². The third kappa shape index (κ3) is 6.20. The molecule has 8 aromatic carbocycles. The number of aromatic nitrogens is 3.